The Morgan fingerprint density at radius 3 is 2.57 bits per heavy atom. The van der Waals surface area contributed by atoms with E-state index in [9.17, 15) is 4.39 Å². The van der Waals surface area contributed by atoms with Crippen molar-refractivity contribution in [2.75, 3.05) is 0 Å². The molecule has 112 valence electrons. The van der Waals surface area contributed by atoms with Gasteiger partial charge in [-0.05, 0) is 62.7 Å². The average molecular weight is 324 g/mol. The minimum Gasteiger partial charge on any atom is -0.308 e. The van der Waals surface area contributed by atoms with E-state index >= 15 is 0 Å². The van der Waals surface area contributed by atoms with Gasteiger partial charge >= 0.3 is 0 Å². The second kappa shape index (κ2) is 6.82. The molecule has 1 nitrogen and oxygen atoms in total. The van der Waals surface area contributed by atoms with Gasteiger partial charge < -0.3 is 5.32 Å². The molecule has 0 atom stereocenters. The zero-order valence-electron chi connectivity index (χ0n) is 12.4. The molecule has 0 fully saturated rings. The highest BCUT2D eigenvalue weighted by atomic mass is 35.5. The minimum absolute atomic E-state index is 0.00961. The molecular weight excluding hydrogens is 305 g/mol. The maximum atomic E-state index is 13.5. The topological polar surface area (TPSA) is 12.0 Å². The summed E-state index contributed by atoms with van der Waals surface area (Å²) in [6.45, 7) is 6.91. The van der Waals surface area contributed by atoms with Crippen LogP contribution in [0.1, 0.15) is 26.3 Å². The summed E-state index contributed by atoms with van der Waals surface area (Å²) in [6, 6.07) is 12.6. The Labute approximate surface area is 134 Å². The smallest absolute Gasteiger partial charge is 0.123 e. The largest absolute Gasteiger partial charge is 0.308 e. The molecule has 0 radical (unpaired) electrons. The summed E-state index contributed by atoms with van der Waals surface area (Å²) in [7, 11) is 0. The molecule has 0 bridgehead atoms. The first kappa shape index (κ1) is 16.3. The highest BCUT2D eigenvalue weighted by Crippen LogP contribution is 2.32. The van der Waals surface area contributed by atoms with Gasteiger partial charge in [0.05, 0.1) is 0 Å². The molecule has 1 N–H and O–H groups in total. The molecule has 2 rings (SSSR count). The fourth-order valence-corrected chi connectivity index (χ4v) is 3.04. The Bertz CT molecular complexity index is 622. The van der Waals surface area contributed by atoms with Crippen LogP contribution in [0.3, 0.4) is 0 Å². The lowest BCUT2D eigenvalue weighted by Crippen LogP contribution is -2.35. The summed E-state index contributed by atoms with van der Waals surface area (Å²) in [5, 5.41) is 4.10. The summed E-state index contributed by atoms with van der Waals surface area (Å²) >= 11 is 7.61. The Morgan fingerprint density at radius 1 is 1.14 bits per heavy atom. The molecule has 0 spiro atoms. The first-order valence-corrected chi connectivity index (χ1v) is 8.00. The molecular formula is C17H19ClFNS. The molecule has 0 saturated heterocycles. The van der Waals surface area contributed by atoms with Gasteiger partial charge in [-0.25, -0.2) is 4.39 Å². The zero-order valence-corrected chi connectivity index (χ0v) is 14.0. The fourth-order valence-electron chi connectivity index (χ4n) is 1.80. The third kappa shape index (κ3) is 5.34. The van der Waals surface area contributed by atoms with E-state index in [4.69, 9.17) is 11.6 Å². The average Bonchev–Trinajstić information content (AvgIpc) is 2.38. The van der Waals surface area contributed by atoms with Crippen LogP contribution in [0, 0.1) is 5.82 Å². The van der Waals surface area contributed by atoms with Gasteiger partial charge in [-0.2, -0.15) is 0 Å². The van der Waals surface area contributed by atoms with Gasteiger partial charge in [0.15, 0.2) is 0 Å². The van der Waals surface area contributed by atoms with Gasteiger partial charge in [-0.3, -0.25) is 0 Å². The van der Waals surface area contributed by atoms with Crippen molar-refractivity contribution in [2.45, 2.75) is 42.6 Å². The normalized spacial score (nSPS) is 11.7. The quantitative estimate of drug-likeness (QED) is 0.795. The summed E-state index contributed by atoms with van der Waals surface area (Å²) in [4.78, 5) is 2.08. The van der Waals surface area contributed by atoms with Crippen molar-refractivity contribution in [3.8, 4) is 0 Å². The lowest BCUT2D eigenvalue weighted by atomic mass is 10.1. The Hall–Kier alpha value is -1.03. The standard InChI is InChI=1S/C17H19ClFNS/c1-17(2,3)20-11-12-9-14(19)7-8-16(12)21-15-6-4-5-13(18)10-15/h4-10,20H,11H2,1-3H3. The van der Waals surface area contributed by atoms with Crippen LogP contribution in [0.25, 0.3) is 0 Å². The van der Waals surface area contributed by atoms with Crippen LogP contribution in [0.2, 0.25) is 5.02 Å². The van der Waals surface area contributed by atoms with Crippen molar-refractivity contribution in [2.24, 2.45) is 0 Å². The monoisotopic (exact) mass is 323 g/mol. The fraction of sp³-hybridized carbons (Fsp3) is 0.294. The number of halogens is 2. The summed E-state index contributed by atoms with van der Waals surface area (Å²) in [6.07, 6.45) is 0. The van der Waals surface area contributed by atoms with Crippen LogP contribution in [0.15, 0.2) is 52.3 Å². The van der Waals surface area contributed by atoms with Gasteiger partial charge in [0.25, 0.3) is 0 Å². The molecule has 2 aromatic carbocycles. The Morgan fingerprint density at radius 2 is 1.90 bits per heavy atom. The molecule has 21 heavy (non-hydrogen) atoms. The van der Waals surface area contributed by atoms with Crippen LogP contribution in [0.5, 0.6) is 0 Å². The van der Waals surface area contributed by atoms with E-state index in [2.05, 4.69) is 26.1 Å². The molecule has 0 unspecified atom stereocenters. The lowest BCUT2D eigenvalue weighted by molar-refractivity contribution is 0.422. The van der Waals surface area contributed by atoms with Crippen molar-refractivity contribution in [1.82, 2.24) is 5.32 Å². The molecule has 0 aromatic heterocycles. The molecule has 0 aliphatic carbocycles. The van der Waals surface area contributed by atoms with Gasteiger partial charge in [0.1, 0.15) is 5.82 Å². The molecule has 0 aliphatic rings. The van der Waals surface area contributed by atoms with E-state index in [0.29, 0.717) is 11.6 Å². The van der Waals surface area contributed by atoms with Gasteiger partial charge in [-0.15, -0.1) is 0 Å². The van der Waals surface area contributed by atoms with Gasteiger partial charge in [0, 0.05) is 26.9 Å². The predicted octanol–water partition coefficient (Wildman–Crippen LogP) is 5.52. The predicted molar refractivity (Wildman–Crippen MR) is 88.6 cm³/mol. The second-order valence-electron chi connectivity index (χ2n) is 5.92. The van der Waals surface area contributed by atoms with E-state index < -0.39 is 0 Å². The zero-order chi connectivity index (χ0) is 15.5. The summed E-state index contributed by atoms with van der Waals surface area (Å²) in [5.74, 6) is -0.212. The van der Waals surface area contributed by atoms with Crippen LogP contribution < -0.4 is 5.32 Å². The van der Waals surface area contributed by atoms with Crippen LogP contribution >= 0.6 is 23.4 Å². The number of benzene rings is 2. The highest BCUT2D eigenvalue weighted by Gasteiger charge is 2.12. The SMILES string of the molecule is CC(C)(C)NCc1cc(F)ccc1Sc1cccc(Cl)c1. The Kier molecular flexibility index (Phi) is 5.31. The first-order chi connectivity index (χ1) is 9.83. The molecule has 0 amide bonds. The Balaban J connectivity index is 2.22. The van der Waals surface area contributed by atoms with E-state index in [0.717, 1.165) is 15.4 Å². The number of hydrogen-bond donors (Lipinski definition) is 1. The van der Waals surface area contributed by atoms with Crippen molar-refractivity contribution < 1.29 is 4.39 Å². The first-order valence-electron chi connectivity index (χ1n) is 6.80. The molecule has 2 aromatic rings. The van der Waals surface area contributed by atoms with E-state index in [-0.39, 0.29) is 11.4 Å². The van der Waals surface area contributed by atoms with Crippen molar-refractivity contribution in [3.63, 3.8) is 0 Å². The van der Waals surface area contributed by atoms with Crippen LogP contribution in [0.4, 0.5) is 4.39 Å². The third-order valence-corrected chi connectivity index (χ3v) is 4.20. The molecule has 0 aliphatic heterocycles. The van der Waals surface area contributed by atoms with E-state index in [1.807, 2.05) is 30.3 Å². The molecule has 0 saturated carbocycles. The third-order valence-electron chi connectivity index (χ3n) is 2.86. The number of hydrogen-bond acceptors (Lipinski definition) is 2. The molecule has 4 heteroatoms. The lowest BCUT2D eigenvalue weighted by Gasteiger charge is -2.21. The van der Waals surface area contributed by atoms with E-state index in [1.165, 1.54) is 6.07 Å². The van der Waals surface area contributed by atoms with Gasteiger partial charge in [0.2, 0.25) is 0 Å². The van der Waals surface area contributed by atoms with Crippen LogP contribution in [-0.4, -0.2) is 5.54 Å². The summed E-state index contributed by atoms with van der Waals surface area (Å²) in [5.41, 5.74) is 0.944. The number of nitrogens with one attached hydrogen (secondary N) is 1. The maximum Gasteiger partial charge on any atom is 0.123 e. The number of rotatable bonds is 4. The van der Waals surface area contributed by atoms with Gasteiger partial charge in [-0.1, -0.05) is 29.4 Å². The maximum absolute atomic E-state index is 13.5. The van der Waals surface area contributed by atoms with E-state index in [1.54, 1.807) is 17.8 Å². The van der Waals surface area contributed by atoms with Crippen molar-refractivity contribution in [1.29, 1.82) is 0 Å². The van der Waals surface area contributed by atoms with Crippen molar-refractivity contribution in [3.05, 3.63) is 58.9 Å². The van der Waals surface area contributed by atoms with Crippen molar-refractivity contribution >= 4 is 23.4 Å². The highest BCUT2D eigenvalue weighted by molar-refractivity contribution is 7.99. The minimum atomic E-state index is -0.212. The summed E-state index contributed by atoms with van der Waals surface area (Å²) < 4.78 is 13.5. The second-order valence-corrected chi connectivity index (χ2v) is 7.47. The molecule has 0 heterocycles. The van der Waals surface area contributed by atoms with Crippen LogP contribution in [-0.2, 0) is 6.54 Å².